The van der Waals surface area contributed by atoms with Crippen molar-refractivity contribution in [3.8, 4) is 5.75 Å². The van der Waals surface area contributed by atoms with Gasteiger partial charge in [0, 0.05) is 38.3 Å². The number of carboxylic acid groups (broad SMARTS) is 1. The molecule has 228 valence electrons. The number of halogens is 2. The van der Waals surface area contributed by atoms with Crippen LogP contribution in [0.25, 0.3) is 0 Å². The van der Waals surface area contributed by atoms with Gasteiger partial charge in [-0.05, 0) is 66.6 Å². The number of carbonyl (C=O) groups is 4. The summed E-state index contributed by atoms with van der Waals surface area (Å²) in [5.41, 5.74) is 1.18. The highest BCUT2D eigenvalue weighted by Gasteiger charge is 2.69. The van der Waals surface area contributed by atoms with Crippen molar-refractivity contribution in [2.24, 2.45) is 29.6 Å². The largest absolute Gasteiger partial charge is 0.483 e. The van der Waals surface area contributed by atoms with Gasteiger partial charge in [0.05, 0.1) is 23.3 Å². The van der Waals surface area contributed by atoms with E-state index in [1.807, 2.05) is 6.07 Å². The minimum atomic E-state index is -1.07. The van der Waals surface area contributed by atoms with Gasteiger partial charge in [-0.1, -0.05) is 27.3 Å². The molecule has 2 aromatic carbocycles. The Bertz CT molecular complexity index is 1760. The fraction of sp³-hybridized carbons (Fsp3) is 0.367. The number of aromatic amines is 1. The molecule has 10 nitrogen and oxygen atoms in total. The molecule has 1 aromatic heterocycles. The van der Waals surface area contributed by atoms with Gasteiger partial charge in [-0.3, -0.25) is 28.9 Å². The molecule has 2 bridgehead atoms. The number of fused-ring (bicyclic) bond motifs is 9. The summed E-state index contributed by atoms with van der Waals surface area (Å²) in [6, 6.07) is 10.8. The van der Waals surface area contributed by atoms with Gasteiger partial charge in [0.1, 0.15) is 11.6 Å². The van der Waals surface area contributed by atoms with Gasteiger partial charge in [-0.25, -0.2) is 4.39 Å². The normalized spacial score (nSPS) is 28.0. The molecule has 2 aliphatic carbocycles. The molecule has 0 spiro atoms. The number of anilines is 1. The minimum Gasteiger partial charge on any atom is -0.483 e. The maximum absolute atomic E-state index is 13.6. The molecule has 4 aliphatic rings. The molecule has 44 heavy (non-hydrogen) atoms. The first-order chi connectivity index (χ1) is 21.1. The van der Waals surface area contributed by atoms with E-state index in [2.05, 4.69) is 26.2 Å². The van der Waals surface area contributed by atoms with Crippen LogP contribution >= 0.6 is 39.0 Å². The van der Waals surface area contributed by atoms with E-state index in [0.717, 1.165) is 36.2 Å². The number of carboxylic acids is 1. The van der Waals surface area contributed by atoms with E-state index in [4.69, 9.17) is 9.84 Å². The third kappa shape index (κ3) is 4.87. The molecule has 3 fully saturated rings. The van der Waals surface area contributed by atoms with E-state index in [1.54, 1.807) is 23.9 Å². The van der Waals surface area contributed by atoms with Crippen molar-refractivity contribution in [3.63, 3.8) is 0 Å². The molecule has 3 heterocycles. The van der Waals surface area contributed by atoms with Crippen LogP contribution in [0, 0.1) is 35.4 Å². The number of thiazole rings is 1. The average molecular weight is 703 g/mol. The zero-order valence-electron chi connectivity index (χ0n) is 22.8. The quantitative estimate of drug-likeness (QED) is 0.295. The van der Waals surface area contributed by atoms with Crippen LogP contribution in [0.15, 0.2) is 56.8 Å². The summed E-state index contributed by atoms with van der Waals surface area (Å²) in [5, 5.41) is 12.5. The number of amides is 3. The number of aliphatic carboxylic acids is 1. The van der Waals surface area contributed by atoms with Crippen LogP contribution in [0.5, 0.6) is 5.75 Å². The van der Waals surface area contributed by atoms with Crippen LogP contribution in [0.2, 0.25) is 0 Å². The molecule has 7 atom stereocenters. The Morgan fingerprint density at radius 1 is 1.09 bits per heavy atom. The zero-order valence-corrected chi connectivity index (χ0v) is 26.0. The Balaban J connectivity index is 1.21. The van der Waals surface area contributed by atoms with Crippen LogP contribution in [-0.2, 0) is 19.2 Å². The van der Waals surface area contributed by atoms with E-state index in [1.165, 1.54) is 24.3 Å². The summed E-state index contributed by atoms with van der Waals surface area (Å²) in [5.74, 6) is -3.85. The fourth-order valence-corrected chi connectivity index (χ4v) is 10.9. The second-order valence-electron chi connectivity index (χ2n) is 11.5. The zero-order chi connectivity index (χ0) is 30.9. The molecule has 2 aliphatic heterocycles. The number of ether oxygens (including phenoxy) is 1. The Morgan fingerprint density at radius 3 is 2.55 bits per heavy atom. The number of likely N-dealkylation sites (tertiary alicyclic amines) is 1. The van der Waals surface area contributed by atoms with Crippen LogP contribution in [0.3, 0.4) is 0 Å². The van der Waals surface area contributed by atoms with Gasteiger partial charge >= 0.3 is 10.8 Å². The molecule has 7 rings (SSSR count). The Morgan fingerprint density at radius 2 is 1.82 bits per heavy atom. The number of nitrogens with one attached hydrogen (secondary N) is 2. The van der Waals surface area contributed by atoms with Crippen molar-refractivity contribution in [2.45, 2.75) is 29.0 Å². The monoisotopic (exact) mass is 701 g/mol. The maximum Gasteiger partial charge on any atom is 0.305 e. The molecule has 3 N–H and O–H groups in total. The second kappa shape index (κ2) is 11.1. The van der Waals surface area contributed by atoms with Crippen LogP contribution in [-0.4, -0.2) is 57.1 Å². The number of hydrogen-bond donors (Lipinski definition) is 3. The molecule has 1 saturated heterocycles. The van der Waals surface area contributed by atoms with Crippen molar-refractivity contribution in [1.82, 2.24) is 9.88 Å². The lowest BCUT2D eigenvalue weighted by atomic mass is 9.68. The van der Waals surface area contributed by atoms with E-state index in [9.17, 15) is 28.4 Å². The van der Waals surface area contributed by atoms with Crippen molar-refractivity contribution in [3.05, 3.63) is 72.9 Å². The van der Waals surface area contributed by atoms with Gasteiger partial charge in [-0.15, -0.1) is 11.8 Å². The molecular formula is C30H25BrFN3O7S2. The number of carbonyl (C=O) groups excluding carboxylic acids is 3. The summed E-state index contributed by atoms with van der Waals surface area (Å²) in [7, 11) is 0. The molecule has 6 unspecified atom stereocenters. The van der Waals surface area contributed by atoms with Crippen molar-refractivity contribution >= 4 is 68.4 Å². The summed E-state index contributed by atoms with van der Waals surface area (Å²) >= 11 is 6.22. The van der Waals surface area contributed by atoms with Crippen LogP contribution in [0.1, 0.15) is 29.2 Å². The van der Waals surface area contributed by atoms with Crippen LogP contribution in [0.4, 0.5) is 10.1 Å². The smallest absolute Gasteiger partial charge is 0.305 e. The van der Waals surface area contributed by atoms with Crippen molar-refractivity contribution < 1.29 is 33.4 Å². The van der Waals surface area contributed by atoms with Crippen LogP contribution < -0.4 is 14.9 Å². The van der Waals surface area contributed by atoms with E-state index in [-0.39, 0.29) is 65.2 Å². The molecule has 2 saturated carbocycles. The fourth-order valence-electron chi connectivity index (χ4n) is 7.62. The van der Waals surface area contributed by atoms with E-state index >= 15 is 0 Å². The lowest BCUT2D eigenvalue weighted by molar-refractivity contribution is -0.142. The summed E-state index contributed by atoms with van der Waals surface area (Å²) < 4.78 is 20.1. The number of hydrogen-bond acceptors (Lipinski definition) is 8. The van der Waals surface area contributed by atoms with Crippen molar-refractivity contribution in [1.29, 1.82) is 0 Å². The highest BCUT2D eigenvalue weighted by atomic mass is 79.9. The first kappa shape index (κ1) is 29.2. The number of thioether (sulfide) groups is 1. The minimum absolute atomic E-state index is 0.0613. The molecule has 0 radical (unpaired) electrons. The number of rotatable bonds is 8. The van der Waals surface area contributed by atoms with Gasteiger partial charge in [-0.2, -0.15) is 0 Å². The number of nitrogens with zero attached hydrogens (tertiary/aromatic N) is 1. The van der Waals surface area contributed by atoms with E-state index < -0.39 is 29.5 Å². The van der Waals surface area contributed by atoms with Gasteiger partial charge in [0.25, 0.3) is 5.91 Å². The third-order valence-corrected chi connectivity index (χ3v) is 12.2. The predicted octanol–water partition coefficient (Wildman–Crippen LogP) is 4.30. The predicted molar refractivity (Wildman–Crippen MR) is 162 cm³/mol. The summed E-state index contributed by atoms with van der Waals surface area (Å²) in [6.45, 7) is -0.463. The second-order valence-corrected chi connectivity index (χ2v) is 14.6. The Labute approximate surface area is 266 Å². The molecular weight excluding hydrogens is 677 g/mol. The summed E-state index contributed by atoms with van der Waals surface area (Å²) in [6.07, 6.45) is 0.379. The number of aromatic nitrogens is 1. The number of benzene rings is 2. The third-order valence-electron chi connectivity index (χ3n) is 9.16. The first-order valence-electron chi connectivity index (χ1n) is 14.0. The highest BCUT2D eigenvalue weighted by Crippen LogP contribution is 2.69. The Kier molecular flexibility index (Phi) is 7.40. The summed E-state index contributed by atoms with van der Waals surface area (Å²) in [4.78, 5) is 68.3. The number of imide groups is 1. The maximum atomic E-state index is 13.6. The number of H-pyrrole nitrogens is 1. The van der Waals surface area contributed by atoms with Gasteiger partial charge in [0.2, 0.25) is 11.8 Å². The lowest BCUT2D eigenvalue weighted by Gasteiger charge is -2.43. The molecule has 3 aromatic rings. The lowest BCUT2D eigenvalue weighted by Crippen LogP contribution is -2.42. The first-order valence-corrected chi connectivity index (χ1v) is 16.5. The molecule has 14 heteroatoms. The standard InChI is InChI=1S/C30H25BrFN3O7S2/c31-12-1-6-18(42-11-19(36)33-14-4-2-13(32)3-5-14)15(9-12)21-22-16-10-17(25(22)43-27-26(21)44-30(41)34-27)24-23(16)28(39)35(29(24)40)8-7-20(37)38/h1-6,9,16-17,21-25H,7-8,10-11H2,(H,33,36)(H,34,41)(H,37,38)/t16?,17?,21-,22?,23?,24?,25?/m1/s1. The van der Waals surface area contributed by atoms with Gasteiger partial charge in [0.15, 0.2) is 6.61 Å². The topological polar surface area (TPSA) is 146 Å². The Hall–Kier alpha value is -3.49. The van der Waals surface area contributed by atoms with Crippen molar-refractivity contribution in [2.75, 3.05) is 18.5 Å². The SMILES string of the molecule is O=C(O)CCN1C(=O)C2C3CC(C2C1=O)C1C3Sc2[nH]c(=O)sc2[C@@H]1c1cc(Br)ccc1OCC(=O)Nc1ccc(F)cc1. The van der Waals surface area contributed by atoms with E-state index in [0.29, 0.717) is 17.9 Å². The molecule has 3 amide bonds. The average Bonchev–Trinajstić information content (AvgIpc) is 3.71. The highest BCUT2D eigenvalue weighted by molar-refractivity contribution is 9.10. The van der Waals surface area contributed by atoms with Gasteiger partial charge < -0.3 is 20.1 Å².